The summed E-state index contributed by atoms with van der Waals surface area (Å²) in [6, 6.07) is 13.4. The van der Waals surface area contributed by atoms with Gasteiger partial charge >= 0.3 is 0 Å². The summed E-state index contributed by atoms with van der Waals surface area (Å²) in [6.45, 7) is -0.0103. The first kappa shape index (κ1) is 16.2. The first-order valence-corrected chi connectivity index (χ1v) is 7.59. The molecule has 0 aliphatic heterocycles. The summed E-state index contributed by atoms with van der Waals surface area (Å²) < 4.78 is 1.95. The molecule has 3 aromatic rings. The minimum atomic E-state index is -0.120. The maximum Gasteiger partial charge on any atom is 0.250 e. The largest absolute Gasteiger partial charge is 0.392 e. The Kier molecular flexibility index (Phi) is 4.59. The Hall–Kier alpha value is -2.70. The number of nitrogens with zero attached hydrogens (tertiary/aromatic N) is 3. The molecular formula is C18H19N3O3. The Morgan fingerprint density at radius 3 is 2.83 bits per heavy atom. The first-order valence-electron chi connectivity index (χ1n) is 7.59. The average molecular weight is 325 g/mol. The summed E-state index contributed by atoms with van der Waals surface area (Å²) in [5.74, 6) is -0.120. The van der Waals surface area contributed by atoms with Gasteiger partial charge in [-0.05, 0) is 35.4 Å². The Morgan fingerprint density at radius 1 is 1.25 bits per heavy atom. The van der Waals surface area contributed by atoms with Gasteiger partial charge in [-0.15, -0.1) is 0 Å². The van der Waals surface area contributed by atoms with E-state index < -0.39 is 0 Å². The lowest BCUT2D eigenvalue weighted by Gasteiger charge is -2.13. The number of aromatic nitrogens is 2. The highest BCUT2D eigenvalue weighted by Gasteiger charge is 2.11. The highest BCUT2D eigenvalue weighted by atomic mass is 16.7. The molecule has 6 nitrogen and oxygen atoms in total. The normalized spacial score (nSPS) is 11.0. The topological polar surface area (TPSA) is 67.6 Å². The number of carbonyl (C=O) groups is 1. The van der Waals surface area contributed by atoms with E-state index in [1.807, 2.05) is 47.0 Å². The van der Waals surface area contributed by atoms with E-state index in [1.165, 1.54) is 12.2 Å². The number of benzene rings is 2. The number of fused-ring (bicyclic) bond motifs is 1. The standard InChI is InChI=1S/C18H19N3O3/c1-20(24-2)18(23)10-13-6-7-16-17(9-13)21(12-19-16)15-5-3-4-14(8-15)11-22/h3-9,12,22H,10-11H2,1-2H3. The molecule has 0 spiro atoms. The smallest absolute Gasteiger partial charge is 0.250 e. The zero-order valence-corrected chi connectivity index (χ0v) is 13.6. The van der Waals surface area contributed by atoms with Gasteiger partial charge in [0.25, 0.3) is 0 Å². The van der Waals surface area contributed by atoms with Crippen molar-refractivity contribution >= 4 is 16.9 Å². The molecule has 0 bridgehead atoms. The molecule has 0 radical (unpaired) electrons. The molecule has 0 saturated heterocycles. The van der Waals surface area contributed by atoms with Gasteiger partial charge in [0, 0.05) is 12.7 Å². The van der Waals surface area contributed by atoms with Crippen LogP contribution in [-0.2, 0) is 22.7 Å². The number of imidazole rings is 1. The Labute approximate surface area is 139 Å². The highest BCUT2D eigenvalue weighted by Crippen LogP contribution is 2.21. The van der Waals surface area contributed by atoms with Gasteiger partial charge in [-0.3, -0.25) is 14.2 Å². The second kappa shape index (κ2) is 6.82. The van der Waals surface area contributed by atoms with Crippen LogP contribution in [0.25, 0.3) is 16.7 Å². The third-order valence-electron chi connectivity index (χ3n) is 3.96. The van der Waals surface area contributed by atoms with Gasteiger partial charge in [0.2, 0.25) is 5.91 Å². The van der Waals surface area contributed by atoms with Crippen molar-refractivity contribution in [1.82, 2.24) is 14.6 Å². The van der Waals surface area contributed by atoms with Crippen LogP contribution in [0.1, 0.15) is 11.1 Å². The number of hydrogen-bond donors (Lipinski definition) is 1. The van der Waals surface area contributed by atoms with Crippen molar-refractivity contribution in [2.45, 2.75) is 13.0 Å². The van der Waals surface area contributed by atoms with Gasteiger partial charge in [-0.1, -0.05) is 18.2 Å². The van der Waals surface area contributed by atoms with Gasteiger partial charge < -0.3 is 5.11 Å². The number of aliphatic hydroxyl groups excluding tert-OH is 1. The third kappa shape index (κ3) is 3.15. The van der Waals surface area contributed by atoms with Crippen molar-refractivity contribution in [2.75, 3.05) is 14.2 Å². The number of amides is 1. The predicted molar refractivity (Wildman–Crippen MR) is 90.5 cm³/mol. The van der Waals surface area contributed by atoms with Crippen LogP contribution in [0.15, 0.2) is 48.8 Å². The maximum absolute atomic E-state index is 12.0. The predicted octanol–water partition coefficient (Wildman–Crippen LogP) is 2.08. The number of carbonyl (C=O) groups excluding carboxylic acids is 1. The van der Waals surface area contributed by atoms with Crippen LogP contribution in [0.5, 0.6) is 0 Å². The monoisotopic (exact) mass is 325 g/mol. The van der Waals surface area contributed by atoms with Crippen LogP contribution in [0.3, 0.4) is 0 Å². The van der Waals surface area contributed by atoms with Crippen LogP contribution in [0, 0.1) is 0 Å². The zero-order chi connectivity index (χ0) is 17.1. The highest BCUT2D eigenvalue weighted by molar-refractivity contribution is 5.82. The molecule has 124 valence electrons. The van der Waals surface area contributed by atoms with Crippen molar-refractivity contribution in [3.8, 4) is 5.69 Å². The van der Waals surface area contributed by atoms with Crippen LogP contribution in [0.4, 0.5) is 0 Å². The summed E-state index contributed by atoms with van der Waals surface area (Å²) in [5.41, 5.74) is 4.40. The van der Waals surface area contributed by atoms with Crippen molar-refractivity contribution in [2.24, 2.45) is 0 Å². The molecule has 0 unspecified atom stereocenters. The molecule has 0 aliphatic rings. The van der Waals surface area contributed by atoms with Crippen LogP contribution < -0.4 is 0 Å². The van der Waals surface area contributed by atoms with Gasteiger partial charge in [0.1, 0.15) is 6.33 Å². The summed E-state index contributed by atoms with van der Waals surface area (Å²) in [6.07, 6.45) is 2.00. The number of likely N-dealkylation sites (N-methyl/N-ethyl adjacent to an activating group) is 1. The van der Waals surface area contributed by atoms with Gasteiger partial charge in [-0.2, -0.15) is 0 Å². The summed E-state index contributed by atoms with van der Waals surface area (Å²) in [5, 5.41) is 10.5. The minimum absolute atomic E-state index is 0.0103. The van der Waals surface area contributed by atoms with E-state index in [1.54, 1.807) is 13.4 Å². The minimum Gasteiger partial charge on any atom is -0.392 e. The molecule has 0 aliphatic carbocycles. The lowest BCUT2D eigenvalue weighted by atomic mass is 10.1. The molecule has 1 aromatic heterocycles. The van der Waals surface area contributed by atoms with E-state index in [2.05, 4.69) is 4.98 Å². The molecule has 1 N–H and O–H groups in total. The Bertz CT molecular complexity index is 873. The quantitative estimate of drug-likeness (QED) is 0.729. The van der Waals surface area contributed by atoms with Gasteiger partial charge in [-0.25, -0.2) is 10.0 Å². The third-order valence-corrected chi connectivity index (χ3v) is 3.96. The van der Waals surface area contributed by atoms with E-state index >= 15 is 0 Å². The average Bonchev–Trinajstić information content (AvgIpc) is 3.04. The van der Waals surface area contributed by atoms with E-state index in [-0.39, 0.29) is 18.9 Å². The molecule has 6 heteroatoms. The van der Waals surface area contributed by atoms with Gasteiger partial charge in [0.05, 0.1) is 31.2 Å². The van der Waals surface area contributed by atoms with Crippen LogP contribution in [0.2, 0.25) is 0 Å². The van der Waals surface area contributed by atoms with Crippen LogP contribution in [-0.4, -0.2) is 39.8 Å². The number of aliphatic hydroxyl groups is 1. The van der Waals surface area contributed by atoms with Crippen molar-refractivity contribution < 1.29 is 14.7 Å². The van der Waals surface area contributed by atoms with E-state index in [9.17, 15) is 9.90 Å². The van der Waals surface area contributed by atoms with Crippen LogP contribution >= 0.6 is 0 Å². The van der Waals surface area contributed by atoms with Crippen molar-refractivity contribution in [3.63, 3.8) is 0 Å². The lowest BCUT2D eigenvalue weighted by Crippen LogP contribution is -2.26. The molecule has 0 atom stereocenters. The Balaban J connectivity index is 1.98. The first-order chi connectivity index (χ1) is 11.6. The SMILES string of the molecule is CON(C)C(=O)Cc1ccc2ncn(-c3cccc(CO)c3)c2c1. The lowest BCUT2D eigenvalue weighted by molar-refractivity contribution is -0.167. The van der Waals surface area contributed by atoms with E-state index in [0.29, 0.717) is 0 Å². The summed E-state index contributed by atoms with van der Waals surface area (Å²) >= 11 is 0. The molecule has 1 heterocycles. The fraction of sp³-hybridized carbons (Fsp3) is 0.222. The molecule has 3 rings (SSSR count). The number of hydroxylamine groups is 2. The molecule has 1 amide bonds. The summed E-state index contributed by atoms with van der Waals surface area (Å²) in [4.78, 5) is 21.3. The summed E-state index contributed by atoms with van der Waals surface area (Å²) in [7, 11) is 3.05. The van der Waals surface area contributed by atoms with Crippen molar-refractivity contribution in [3.05, 3.63) is 59.9 Å². The maximum atomic E-state index is 12.0. The molecule has 0 fully saturated rings. The molecule has 2 aromatic carbocycles. The second-order valence-corrected chi connectivity index (χ2v) is 5.52. The van der Waals surface area contributed by atoms with Crippen molar-refractivity contribution in [1.29, 1.82) is 0 Å². The van der Waals surface area contributed by atoms with E-state index in [0.717, 1.165) is 27.8 Å². The fourth-order valence-electron chi connectivity index (χ4n) is 2.56. The number of hydrogen-bond acceptors (Lipinski definition) is 4. The number of rotatable bonds is 5. The second-order valence-electron chi connectivity index (χ2n) is 5.52. The molecule has 24 heavy (non-hydrogen) atoms. The van der Waals surface area contributed by atoms with E-state index in [4.69, 9.17) is 4.84 Å². The molecular weight excluding hydrogens is 306 g/mol. The zero-order valence-electron chi connectivity index (χ0n) is 13.6. The van der Waals surface area contributed by atoms with Gasteiger partial charge in [0.15, 0.2) is 0 Å². The molecule has 0 saturated carbocycles. The fourth-order valence-corrected chi connectivity index (χ4v) is 2.56. The Morgan fingerprint density at radius 2 is 2.08 bits per heavy atom.